The minimum Gasteiger partial charge on any atom is -0.493 e. The molecular weight excluding hydrogens is 262 g/mol. The zero-order valence-electron chi connectivity index (χ0n) is 12.9. The first-order valence-electron chi connectivity index (χ1n) is 7.21. The molecule has 0 fully saturated rings. The van der Waals surface area contributed by atoms with Gasteiger partial charge in [0.25, 0.3) is 0 Å². The molecule has 3 nitrogen and oxygen atoms in total. The van der Waals surface area contributed by atoms with Crippen LogP contribution in [0.2, 0.25) is 0 Å². The predicted octanol–water partition coefficient (Wildman–Crippen LogP) is 3.60. The summed E-state index contributed by atoms with van der Waals surface area (Å²) in [5, 5.41) is 3.38. The highest BCUT2D eigenvalue weighted by Gasteiger charge is 2.10. The molecule has 0 radical (unpaired) electrons. The molecule has 3 heteroatoms. The molecule has 2 aromatic rings. The fourth-order valence-corrected chi connectivity index (χ4v) is 2.51. The van der Waals surface area contributed by atoms with E-state index in [2.05, 4.69) is 41.7 Å². The second-order valence-electron chi connectivity index (χ2n) is 4.98. The first-order valence-corrected chi connectivity index (χ1v) is 7.21. The summed E-state index contributed by atoms with van der Waals surface area (Å²) in [7, 11) is 5.33. The van der Waals surface area contributed by atoms with Gasteiger partial charge < -0.3 is 14.8 Å². The predicted molar refractivity (Wildman–Crippen MR) is 86.1 cm³/mol. The Morgan fingerprint density at radius 1 is 0.952 bits per heavy atom. The smallest absolute Gasteiger partial charge is 0.160 e. The summed E-state index contributed by atoms with van der Waals surface area (Å²) < 4.78 is 10.6. The Bertz CT molecular complexity index is 554. The number of methoxy groups -OCH3 is 2. The average molecular weight is 285 g/mol. The van der Waals surface area contributed by atoms with Gasteiger partial charge in [0.1, 0.15) is 0 Å². The van der Waals surface area contributed by atoms with Crippen molar-refractivity contribution in [2.24, 2.45) is 0 Å². The lowest BCUT2D eigenvalue weighted by molar-refractivity contribution is 0.354. The van der Waals surface area contributed by atoms with Crippen LogP contribution in [0.4, 0.5) is 0 Å². The van der Waals surface area contributed by atoms with E-state index in [0.29, 0.717) is 6.04 Å². The summed E-state index contributed by atoms with van der Waals surface area (Å²) >= 11 is 0. The Hall–Kier alpha value is -2.00. The number of aryl methyl sites for hydroxylation is 1. The van der Waals surface area contributed by atoms with Crippen LogP contribution in [0.15, 0.2) is 48.5 Å². The second-order valence-corrected chi connectivity index (χ2v) is 4.98. The molecule has 2 aromatic carbocycles. The minimum atomic E-state index is 0.360. The maximum atomic E-state index is 5.35. The summed E-state index contributed by atoms with van der Waals surface area (Å²) in [6.45, 7) is 0. The zero-order valence-corrected chi connectivity index (χ0v) is 12.9. The van der Waals surface area contributed by atoms with Gasteiger partial charge in [-0.05, 0) is 43.1 Å². The van der Waals surface area contributed by atoms with Crippen molar-refractivity contribution in [1.82, 2.24) is 5.32 Å². The third kappa shape index (κ3) is 3.99. The molecule has 21 heavy (non-hydrogen) atoms. The van der Waals surface area contributed by atoms with E-state index in [4.69, 9.17) is 9.47 Å². The van der Waals surface area contributed by atoms with Crippen LogP contribution in [-0.2, 0) is 6.42 Å². The van der Waals surface area contributed by atoms with Crippen molar-refractivity contribution in [2.75, 3.05) is 21.3 Å². The molecule has 1 atom stereocenters. The number of benzene rings is 2. The van der Waals surface area contributed by atoms with E-state index < -0.39 is 0 Å². The summed E-state index contributed by atoms with van der Waals surface area (Å²) in [5.41, 5.74) is 2.57. The van der Waals surface area contributed by atoms with Gasteiger partial charge >= 0.3 is 0 Å². The number of ether oxygens (including phenoxy) is 2. The first-order chi connectivity index (χ1) is 10.3. The van der Waals surface area contributed by atoms with Crippen LogP contribution in [0.25, 0.3) is 0 Å². The van der Waals surface area contributed by atoms with Crippen molar-refractivity contribution in [1.29, 1.82) is 0 Å². The first kappa shape index (κ1) is 15.4. The van der Waals surface area contributed by atoms with Crippen molar-refractivity contribution >= 4 is 0 Å². The molecule has 0 saturated carbocycles. The highest BCUT2D eigenvalue weighted by molar-refractivity contribution is 5.43. The lowest BCUT2D eigenvalue weighted by atomic mass is 9.99. The second kappa shape index (κ2) is 7.70. The van der Waals surface area contributed by atoms with E-state index in [-0.39, 0.29) is 0 Å². The van der Waals surface area contributed by atoms with Crippen LogP contribution < -0.4 is 14.8 Å². The molecule has 0 aliphatic heterocycles. The molecule has 0 aromatic heterocycles. The van der Waals surface area contributed by atoms with Crippen molar-refractivity contribution in [3.63, 3.8) is 0 Å². The SMILES string of the molecule is CNC(CCc1ccc(OC)c(OC)c1)c1ccccc1. The molecule has 112 valence electrons. The lowest BCUT2D eigenvalue weighted by Gasteiger charge is -2.17. The summed E-state index contributed by atoms with van der Waals surface area (Å²) in [6.07, 6.45) is 2.02. The molecule has 0 spiro atoms. The topological polar surface area (TPSA) is 30.5 Å². The van der Waals surface area contributed by atoms with Crippen molar-refractivity contribution < 1.29 is 9.47 Å². The van der Waals surface area contributed by atoms with Crippen LogP contribution in [0, 0.1) is 0 Å². The fraction of sp³-hybridized carbons (Fsp3) is 0.333. The van der Waals surface area contributed by atoms with Gasteiger partial charge in [-0.1, -0.05) is 36.4 Å². The average Bonchev–Trinajstić information content (AvgIpc) is 2.56. The van der Waals surface area contributed by atoms with Gasteiger partial charge in [0, 0.05) is 6.04 Å². The van der Waals surface area contributed by atoms with E-state index >= 15 is 0 Å². The van der Waals surface area contributed by atoms with Crippen molar-refractivity contribution in [2.45, 2.75) is 18.9 Å². The Balaban J connectivity index is 2.05. The Morgan fingerprint density at radius 3 is 2.29 bits per heavy atom. The molecule has 1 unspecified atom stereocenters. The van der Waals surface area contributed by atoms with Crippen LogP contribution in [0.5, 0.6) is 11.5 Å². The molecule has 0 heterocycles. The lowest BCUT2D eigenvalue weighted by Crippen LogP contribution is -2.17. The van der Waals surface area contributed by atoms with E-state index in [1.54, 1.807) is 14.2 Å². The Labute approximate surface area is 126 Å². The van der Waals surface area contributed by atoms with Gasteiger partial charge in [-0.2, -0.15) is 0 Å². The van der Waals surface area contributed by atoms with Gasteiger partial charge in [0.15, 0.2) is 11.5 Å². The largest absolute Gasteiger partial charge is 0.493 e. The molecule has 0 saturated heterocycles. The fourth-order valence-electron chi connectivity index (χ4n) is 2.51. The van der Waals surface area contributed by atoms with E-state index in [1.165, 1.54) is 11.1 Å². The quantitative estimate of drug-likeness (QED) is 0.843. The van der Waals surface area contributed by atoms with E-state index in [0.717, 1.165) is 24.3 Å². The highest BCUT2D eigenvalue weighted by atomic mass is 16.5. The molecule has 0 amide bonds. The third-order valence-electron chi connectivity index (χ3n) is 3.72. The number of nitrogens with one attached hydrogen (secondary N) is 1. The number of hydrogen-bond acceptors (Lipinski definition) is 3. The Morgan fingerprint density at radius 2 is 1.67 bits per heavy atom. The summed E-state index contributed by atoms with van der Waals surface area (Å²) in [6, 6.07) is 17.0. The molecule has 0 bridgehead atoms. The number of rotatable bonds is 7. The van der Waals surface area contributed by atoms with Gasteiger partial charge in [-0.25, -0.2) is 0 Å². The highest BCUT2D eigenvalue weighted by Crippen LogP contribution is 2.29. The summed E-state index contributed by atoms with van der Waals surface area (Å²) in [4.78, 5) is 0. The maximum Gasteiger partial charge on any atom is 0.160 e. The monoisotopic (exact) mass is 285 g/mol. The van der Waals surface area contributed by atoms with Gasteiger partial charge in [0.2, 0.25) is 0 Å². The molecular formula is C18H23NO2. The van der Waals surface area contributed by atoms with Crippen molar-refractivity contribution in [3.8, 4) is 11.5 Å². The molecule has 0 aliphatic carbocycles. The molecule has 1 N–H and O–H groups in total. The van der Waals surface area contributed by atoms with Crippen LogP contribution in [0.1, 0.15) is 23.6 Å². The third-order valence-corrected chi connectivity index (χ3v) is 3.72. The van der Waals surface area contributed by atoms with Gasteiger partial charge in [0.05, 0.1) is 14.2 Å². The standard InChI is InChI=1S/C18H23NO2/c1-19-16(15-7-5-4-6-8-15)11-9-14-10-12-17(20-2)18(13-14)21-3/h4-8,10,12-13,16,19H,9,11H2,1-3H3. The van der Waals surface area contributed by atoms with Gasteiger partial charge in [-0.3, -0.25) is 0 Å². The minimum absolute atomic E-state index is 0.360. The summed E-state index contributed by atoms with van der Waals surface area (Å²) in [5.74, 6) is 1.56. The van der Waals surface area contributed by atoms with E-state index in [1.807, 2.05) is 19.2 Å². The zero-order chi connectivity index (χ0) is 15.1. The van der Waals surface area contributed by atoms with Crippen LogP contribution >= 0.6 is 0 Å². The van der Waals surface area contributed by atoms with Crippen LogP contribution in [0.3, 0.4) is 0 Å². The van der Waals surface area contributed by atoms with Crippen LogP contribution in [-0.4, -0.2) is 21.3 Å². The number of hydrogen-bond donors (Lipinski definition) is 1. The molecule has 0 aliphatic rings. The normalized spacial score (nSPS) is 12.0. The van der Waals surface area contributed by atoms with Crippen molar-refractivity contribution in [3.05, 3.63) is 59.7 Å². The Kier molecular flexibility index (Phi) is 5.64. The molecule has 2 rings (SSSR count). The maximum absolute atomic E-state index is 5.35. The van der Waals surface area contributed by atoms with E-state index in [9.17, 15) is 0 Å². The van der Waals surface area contributed by atoms with Gasteiger partial charge in [-0.15, -0.1) is 0 Å².